The smallest absolute Gasteiger partial charge is 0.323 e. The van der Waals surface area contributed by atoms with E-state index in [0.717, 1.165) is 5.56 Å². The van der Waals surface area contributed by atoms with Crippen molar-refractivity contribution in [2.75, 3.05) is 39.3 Å². The van der Waals surface area contributed by atoms with Gasteiger partial charge in [0.05, 0.1) is 27.9 Å². The highest BCUT2D eigenvalue weighted by Crippen LogP contribution is 2.27. The standard InChI is InChI=1S/C20H24N2O6/c1-26-16-7-5-15(6-8-16)22(13-20(24)25)12-19(23)21-11-14-4-9-17(27-2)18(10-14)28-3/h4-10H,11-13H2,1-3H3,(H,21,23)(H,24,25). The summed E-state index contributed by atoms with van der Waals surface area (Å²) in [6, 6.07) is 12.2. The Labute approximate surface area is 163 Å². The van der Waals surface area contributed by atoms with E-state index in [0.29, 0.717) is 22.9 Å². The van der Waals surface area contributed by atoms with Gasteiger partial charge in [-0.2, -0.15) is 0 Å². The minimum atomic E-state index is -1.02. The van der Waals surface area contributed by atoms with Gasteiger partial charge in [0.25, 0.3) is 0 Å². The second-order valence-electron chi connectivity index (χ2n) is 5.91. The molecule has 0 aliphatic rings. The van der Waals surface area contributed by atoms with E-state index >= 15 is 0 Å². The monoisotopic (exact) mass is 388 g/mol. The number of methoxy groups -OCH3 is 3. The van der Waals surface area contributed by atoms with Crippen LogP contribution in [-0.2, 0) is 16.1 Å². The fraction of sp³-hybridized carbons (Fsp3) is 0.300. The van der Waals surface area contributed by atoms with Gasteiger partial charge < -0.3 is 29.5 Å². The van der Waals surface area contributed by atoms with Crippen LogP contribution in [0, 0.1) is 0 Å². The van der Waals surface area contributed by atoms with E-state index in [4.69, 9.17) is 19.3 Å². The lowest BCUT2D eigenvalue weighted by molar-refractivity contribution is -0.135. The van der Waals surface area contributed by atoms with Crippen LogP contribution >= 0.6 is 0 Å². The minimum Gasteiger partial charge on any atom is -0.497 e. The van der Waals surface area contributed by atoms with E-state index in [1.165, 1.54) is 4.90 Å². The molecule has 2 aromatic rings. The number of ether oxygens (including phenoxy) is 3. The van der Waals surface area contributed by atoms with Crippen molar-refractivity contribution in [1.29, 1.82) is 0 Å². The molecule has 2 rings (SSSR count). The van der Waals surface area contributed by atoms with Crippen molar-refractivity contribution in [3.05, 3.63) is 48.0 Å². The quantitative estimate of drug-likeness (QED) is 0.642. The lowest BCUT2D eigenvalue weighted by atomic mass is 10.2. The van der Waals surface area contributed by atoms with Crippen LogP contribution in [0.2, 0.25) is 0 Å². The number of rotatable bonds is 10. The van der Waals surface area contributed by atoms with E-state index in [9.17, 15) is 9.59 Å². The summed E-state index contributed by atoms with van der Waals surface area (Å²) in [5.74, 6) is 0.497. The summed E-state index contributed by atoms with van der Waals surface area (Å²) >= 11 is 0. The molecule has 0 atom stereocenters. The van der Waals surface area contributed by atoms with Crippen molar-refractivity contribution in [3.63, 3.8) is 0 Å². The largest absolute Gasteiger partial charge is 0.497 e. The maximum atomic E-state index is 12.4. The van der Waals surface area contributed by atoms with Gasteiger partial charge in [0.15, 0.2) is 11.5 Å². The van der Waals surface area contributed by atoms with Crippen molar-refractivity contribution in [2.24, 2.45) is 0 Å². The van der Waals surface area contributed by atoms with Gasteiger partial charge in [0.2, 0.25) is 5.91 Å². The fourth-order valence-electron chi connectivity index (χ4n) is 2.62. The molecule has 2 N–H and O–H groups in total. The number of anilines is 1. The van der Waals surface area contributed by atoms with E-state index in [-0.39, 0.29) is 25.5 Å². The van der Waals surface area contributed by atoms with Crippen molar-refractivity contribution in [1.82, 2.24) is 5.32 Å². The van der Waals surface area contributed by atoms with Crippen molar-refractivity contribution in [3.8, 4) is 17.2 Å². The van der Waals surface area contributed by atoms with Crippen molar-refractivity contribution >= 4 is 17.6 Å². The Morgan fingerprint density at radius 1 is 0.929 bits per heavy atom. The zero-order chi connectivity index (χ0) is 20.5. The molecule has 0 aliphatic heterocycles. The molecule has 0 unspecified atom stereocenters. The molecule has 8 nitrogen and oxygen atoms in total. The number of carboxylic acid groups (broad SMARTS) is 1. The highest BCUT2D eigenvalue weighted by molar-refractivity contribution is 5.84. The Morgan fingerprint density at radius 2 is 1.61 bits per heavy atom. The van der Waals surface area contributed by atoms with Gasteiger partial charge in [-0.25, -0.2) is 0 Å². The second-order valence-corrected chi connectivity index (χ2v) is 5.91. The van der Waals surface area contributed by atoms with Crippen molar-refractivity contribution in [2.45, 2.75) is 6.54 Å². The number of carboxylic acids is 1. The molecule has 0 fully saturated rings. The van der Waals surface area contributed by atoms with Crippen LogP contribution < -0.4 is 24.4 Å². The van der Waals surface area contributed by atoms with E-state index in [2.05, 4.69) is 5.32 Å². The first-order valence-electron chi connectivity index (χ1n) is 8.55. The normalized spacial score (nSPS) is 10.1. The molecule has 0 radical (unpaired) electrons. The maximum Gasteiger partial charge on any atom is 0.323 e. The predicted octanol–water partition coefficient (Wildman–Crippen LogP) is 1.92. The van der Waals surface area contributed by atoms with Gasteiger partial charge in [0, 0.05) is 12.2 Å². The van der Waals surface area contributed by atoms with E-state index in [1.807, 2.05) is 6.07 Å². The molecule has 0 aromatic heterocycles. The Bertz CT molecular complexity index is 807. The lowest BCUT2D eigenvalue weighted by Crippen LogP contribution is -2.39. The first-order chi connectivity index (χ1) is 13.5. The molecule has 28 heavy (non-hydrogen) atoms. The molecule has 0 bridgehead atoms. The molecule has 0 saturated heterocycles. The number of hydrogen-bond acceptors (Lipinski definition) is 6. The van der Waals surface area contributed by atoms with Gasteiger partial charge >= 0.3 is 5.97 Å². The van der Waals surface area contributed by atoms with Gasteiger partial charge in [-0.3, -0.25) is 9.59 Å². The number of nitrogens with one attached hydrogen (secondary N) is 1. The number of hydrogen-bond donors (Lipinski definition) is 2. The zero-order valence-electron chi connectivity index (χ0n) is 16.1. The third-order valence-electron chi connectivity index (χ3n) is 4.04. The second kappa shape index (κ2) is 10.1. The Morgan fingerprint density at radius 3 is 2.18 bits per heavy atom. The number of carbonyl (C=O) groups excluding carboxylic acids is 1. The third kappa shape index (κ3) is 5.80. The van der Waals surface area contributed by atoms with Crippen LogP contribution in [0.25, 0.3) is 0 Å². The SMILES string of the molecule is COc1ccc(N(CC(=O)O)CC(=O)NCc2ccc(OC)c(OC)c2)cc1. The Hall–Kier alpha value is -3.42. The van der Waals surface area contributed by atoms with Crippen LogP contribution in [0.3, 0.4) is 0 Å². The summed E-state index contributed by atoms with van der Waals surface area (Å²) in [5.41, 5.74) is 1.45. The molecule has 2 aromatic carbocycles. The molecule has 8 heteroatoms. The summed E-state index contributed by atoms with van der Waals surface area (Å²) in [5, 5.41) is 11.9. The van der Waals surface area contributed by atoms with Crippen LogP contribution in [0.1, 0.15) is 5.56 Å². The molecule has 0 spiro atoms. The van der Waals surface area contributed by atoms with Gasteiger partial charge in [-0.05, 0) is 42.0 Å². The number of carbonyl (C=O) groups is 2. The van der Waals surface area contributed by atoms with Crippen LogP contribution in [0.4, 0.5) is 5.69 Å². The van der Waals surface area contributed by atoms with Gasteiger partial charge in [-0.15, -0.1) is 0 Å². The average Bonchev–Trinajstić information content (AvgIpc) is 2.71. The summed E-state index contributed by atoms with van der Waals surface area (Å²) in [7, 11) is 4.64. The van der Waals surface area contributed by atoms with Gasteiger partial charge in [0.1, 0.15) is 12.3 Å². The number of nitrogens with zero attached hydrogens (tertiary/aromatic N) is 1. The molecule has 0 heterocycles. The lowest BCUT2D eigenvalue weighted by Gasteiger charge is -2.22. The average molecular weight is 388 g/mol. The molecule has 0 saturated carbocycles. The topological polar surface area (TPSA) is 97.3 Å². The van der Waals surface area contributed by atoms with Crippen molar-refractivity contribution < 1.29 is 28.9 Å². The Balaban J connectivity index is 2.02. The van der Waals surface area contributed by atoms with Gasteiger partial charge in [-0.1, -0.05) is 6.07 Å². The third-order valence-corrected chi connectivity index (χ3v) is 4.04. The highest BCUT2D eigenvalue weighted by Gasteiger charge is 2.15. The number of amides is 1. The first-order valence-corrected chi connectivity index (χ1v) is 8.55. The summed E-state index contributed by atoms with van der Waals surface area (Å²) in [6.07, 6.45) is 0. The summed E-state index contributed by atoms with van der Waals surface area (Å²) in [6.45, 7) is -0.106. The molecule has 150 valence electrons. The molecule has 1 amide bonds. The highest BCUT2D eigenvalue weighted by atomic mass is 16.5. The number of benzene rings is 2. The molecule has 0 aliphatic carbocycles. The van der Waals surface area contributed by atoms with Crippen LogP contribution in [-0.4, -0.2) is 51.4 Å². The van der Waals surface area contributed by atoms with E-state index < -0.39 is 5.97 Å². The summed E-state index contributed by atoms with van der Waals surface area (Å²) < 4.78 is 15.5. The van der Waals surface area contributed by atoms with Crippen LogP contribution in [0.5, 0.6) is 17.2 Å². The fourth-order valence-corrected chi connectivity index (χ4v) is 2.62. The summed E-state index contributed by atoms with van der Waals surface area (Å²) in [4.78, 5) is 25.0. The maximum absolute atomic E-state index is 12.4. The molecular formula is C20H24N2O6. The predicted molar refractivity (Wildman–Crippen MR) is 104 cm³/mol. The minimum absolute atomic E-state index is 0.0914. The molecular weight excluding hydrogens is 364 g/mol. The van der Waals surface area contributed by atoms with Crippen LogP contribution in [0.15, 0.2) is 42.5 Å². The number of aliphatic carboxylic acids is 1. The zero-order valence-corrected chi connectivity index (χ0v) is 16.1. The van der Waals surface area contributed by atoms with E-state index in [1.54, 1.807) is 57.7 Å². The Kier molecular flexibility index (Phi) is 7.50. The first kappa shape index (κ1) is 20.9.